The molecular formula is C18H24FNO4S. The maximum Gasteiger partial charge on any atom is 0.324 e. The number of carbonyl (C=O) groups is 1. The lowest BCUT2D eigenvalue weighted by molar-refractivity contribution is -0.143. The Balaban J connectivity index is 2.84. The fraction of sp³-hybridized carbons (Fsp3) is 0.500. The zero-order chi connectivity index (χ0) is 18.9. The third kappa shape index (κ3) is 6.85. The number of benzene rings is 1. The maximum atomic E-state index is 12.4. The Morgan fingerprint density at radius 3 is 2.40 bits per heavy atom. The van der Waals surface area contributed by atoms with Crippen LogP contribution >= 0.6 is 0 Å². The van der Waals surface area contributed by atoms with Gasteiger partial charge in [0.05, 0.1) is 18.7 Å². The largest absolute Gasteiger partial charge is 0.468 e. The Morgan fingerprint density at radius 1 is 1.24 bits per heavy atom. The van der Waals surface area contributed by atoms with E-state index in [-0.39, 0.29) is 17.5 Å². The number of alkyl halides is 1. The van der Waals surface area contributed by atoms with Crippen molar-refractivity contribution in [2.75, 3.05) is 13.8 Å². The molecule has 25 heavy (non-hydrogen) atoms. The molecule has 0 spiro atoms. The minimum absolute atomic E-state index is 0.0463. The predicted molar refractivity (Wildman–Crippen MR) is 94.1 cm³/mol. The minimum atomic E-state index is -3.85. The first-order chi connectivity index (χ1) is 11.8. The highest BCUT2D eigenvalue weighted by Crippen LogP contribution is 2.13. The Kier molecular flexibility index (Phi) is 8.59. The number of methoxy groups -OCH3 is 1. The average molecular weight is 369 g/mol. The van der Waals surface area contributed by atoms with Crippen LogP contribution in [0.25, 0.3) is 0 Å². The molecule has 0 bridgehead atoms. The van der Waals surface area contributed by atoms with Crippen LogP contribution in [0.15, 0.2) is 29.2 Å². The van der Waals surface area contributed by atoms with Gasteiger partial charge in [0.25, 0.3) is 0 Å². The van der Waals surface area contributed by atoms with Crippen molar-refractivity contribution in [2.45, 2.75) is 44.0 Å². The van der Waals surface area contributed by atoms with E-state index >= 15 is 0 Å². The molecule has 0 aliphatic carbocycles. The van der Waals surface area contributed by atoms with Gasteiger partial charge in [0.15, 0.2) is 0 Å². The van der Waals surface area contributed by atoms with Gasteiger partial charge in [0.1, 0.15) is 6.04 Å². The molecular weight excluding hydrogens is 345 g/mol. The Labute approximate surface area is 149 Å². The van der Waals surface area contributed by atoms with Gasteiger partial charge in [-0.25, -0.2) is 8.42 Å². The summed E-state index contributed by atoms with van der Waals surface area (Å²) in [4.78, 5) is 11.8. The van der Waals surface area contributed by atoms with E-state index in [2.05, 4.69) is 21.3 Å². The number of nitrogens with one attached hydrogen (secondary N) is 1. The van der Waals surface area contributed by atoms with E-state index in [0.29, 0.717) is 24.8 Å². The molecule has 7 heteroatoms. The van der Waals surface area contributed by atoms with Crippen LogP contribution in [-0.2, 0) is 19.6 Å². The third-order valence-corrected chi connectivity index (χ3v) is 4.94. The molecule has 0 aliphatic heterocycles. The van der Waals surface area contributed by atoms with E-state index in [1.165, 1.54) is 19.2 Å². The molecule has 5 nitrogen and oxygen atoms in total. The number of hydrogen-bond acceptors (Lipinski definition) is 4. The van der Waals surface area contributed by atoms with Crippen LogP contribution in [0.4, 0.5) is 4.39 Å². The molecule has 1 aromatic rings. The molecule has 0 unspecified atom stereocenters. The van der Waals surface area contributed by atoms with E-state index in [9.17, 15) is 17.6 Å². The Hall–Kier alpha value is -1.91. The van der Waals surface area contributed by atoms with Crippen LogP contribution in [0, 0.1) is 17.8 Å². The summed E-state index contributed by atoms with van der Waals surface area (Å²) >= 11 is 0. The van der Waals surface area contributed by atoms with Gasteiger partial charge in [-0.3, -0.25) is 9.18 Å². The number of unbranched alkanes of at least 4 members (excludes halogenated alkanes) is 2. The van der Waals surface area contributed by atoms with Crippen LogP contribution < -0.4 is 4.72 Å². The van der Waals surface area contributed by atoms with Gasteiger partial charge >= 0.3 is 5.97 Å². The van der Waals surface area contributed by atoms with Crippen molar-refractivity contribution < 1.29 is 22.3 Å². The van der Waals surface area contributed by atoms with Crippen molar-refractivity contribution in [1.29, 1.82) is 0 Å². The summed E-state index contributed by atoms with van der Waals surface area (Å²) in [5, 5.41) is 0. The van der Waals surface area contributed by atoms with Crippen LogP contribution in [0.1, 0.15) is 38.7 Å². The molecule has 0 aromatic heterocycles. The zero-order valence-corrected chi connectivity index (χ0v) is 15.5. The second-order valence-electron chi connectivity index (χ2n) is 5.84. The molecule has 0 saturated heterocycles. The number of hydrogen-bond donors (Lipinski definition) is 1. The SMILES string of the molecule is COC(=O)[C@H](NS(=O)(=O)c1ccc(C#CCCCCF)cc1)C(C)C. The number of ether oxygens (including phenoxy) is 1. The number of halogens is 1. The van der Waals surface area contributed by atoms with Gasteiger partial charge < -0.3 is 4.74 Å². The lowest BCUT2D eigenvalue weighted by Gasteiger charge is -2.19. The van der Waals surface area contributed by atoms with E-state index in [0.717, 1.165) is 0 Å². The Bertz CT molecular complexity index is 718. The molecule has 0 amide bonds. The van der Waals surface area contributed by atoms with Crippen molar-refractivity contribution in [1.82, 2.24) is 4.72 Å². The molecule has 1 atom stereocenters. The first-order valence-corrected chi connectivity index (χ1v) is 9.55. The van der Waals surface area contributed by atoms with Crippen LogP contribution in [0.2, 0.25) is 0 Å². The van der Waals surface area contributed by atoms with Gasteiger partial charge in [-0.1, -0.05) is 25.7 Å². The van der Waals surface area contributed by atoms with Crippen molar-refractivity contribution >= 4 is 16.0 Å². The average Bonchev–Trinajstić information content (AvgIpc) is 2.59. The molecule has 0 aliphatic rings. The standard InChI is InChI=1S/C18H24FNO4S/c1-14(2)17(18(21)24-3)20-25(22,23)16-11-9-15(10-12-16)8-6-4-5-7-13-19/h9-12,14,17,20H,4-5,7,13H2,1-3H3/t17-/m1/s1. The van der Waals surface area contributed by atoms with Gasteiger partial charge in [-0.2, -0.15) is 4.72 Å². The number of carbonyl (C=O) groups excluding carboxylic acids is 1. The number of esters is 1. The highest BCUT2D eigenvalue weighted by molar-refractivity contribution is 7.89. The minimum Gasteiger partial charge on any atom is -0.468 e. The summed E-state index contributed by atoms with van der Waals surface area (Å²) in [6.45, 7) is 3.11. The molecule has 1 N–H and O–H groups in total. The molecule has 0 saturated carbocycles. The van der Waals surface area contributed by atoms with E-state index in [1.807, 2.05) is 0 Å². The van der Waals surface area contributed by atoms with Gasteiger partial charge in [0, 0.05) is 12.0 Å². The molecule has 0 fully saturated rings. The first-order valence-electron chi connectivity index (χ1n) is 8.07. The number of rotatable bonds is 8. The first kappa shape index (κ1) is 21.1. The van der Waals surface area contributed by atoms with E-state index < -0.39 is 22.0 Å². The van der Waals surface area contributed by atoms with Crippen molar-refractivity contribution in [3.8, 4) is 11.8 Å². The van der Waals surface area contributed by atoms with Crippen molar-refractivity contribution in [3.05, 3.63) is 29.8 Å². The zero-order valence-electron chi connectivity index (χ0n) is 14.7. The summed E-state index contributed by atoms with van der Waals surface area (Å²) in [6, 6.07) is 5.11. The van der Waals surface area contributed by atoms with Crippen LogP contribution in [-0.4, -0.2) is 34.2 Å². The smallest absolute Gasteiger partial charge is 0.324 e. The summed E-state index contributed by atoms with van der Waals surface area (Å²) in [6.07, 6.45) is 1.79. The van der Waals surface area contributed by atoms with Crippen LogP contribution in [0.5, 0.6) is 0 Å². The molecule has 138 valence electrons. The lowest BCUT2D eigenvalue weighted by Crippen LogP contribution is -2.44. The normalized spacial score (nSPS) is 12.4. The van der Waals surface area contributed by atoms with Crippen molar-refractivity contribution in [2.24, 2.45) is 5.92 Å². The predicted octanol–water partition coefficient (Wildman–Crippen LogP) is 2.65. The molecule has 0 radical (unpaired) electrons. The second-order valence-corrected chi connectivity index (χ2v) is 7.55. The Morgan fingerprint density at radius 2 is 1.88 bits per heavy atom. The quantitative estimate of drug-likeness (QED) is 0.434. The van der Waals surface area contributed by atoms with Gasteiger partial charge in [0.2, 0.25) is 10.0 Å². The monoisotopic (exact) mass is 369 g/mol. The van der Waals surface area contributed by atoms with Gasteiger partial charge in [-0.05, 0) is 43.0 Å². The summed E-state index contributed by atoms with van der Waals surface area (Å²) in [5.41, 5.74) is 0.674. The topological polar surface area (TPSA) is 72.5 Å². The maximum absolute atomic E-state index is 12.4. The second kappa shape index (κ2) is 10.2. The highest BCUT2D eigenvalue weighted by Gasteiger charge is 2.28. The number of sulfonamides is 1. The van der Waals surface area contributed by atoms with E-state index in [1.54, 1.807) is 26.0 Å². The summed E-state index contributed by atoms with van der Waals surface area (Å²) in [5.74, 6) is 4.94. The summed E-state index contributed by atoms with van der Waals surface area (Å²) in [7, 11) is -2.63. The molecule has 1 aromatic carbocycles. The lowest BCUT2D eigenvalue weighted by atomic mass is 10.1. The fourth-order valence-electron chi connectivity index (χ4n) is 2.01. The highest BCUT2D eigenvalue weighted by atomic mass is 32.2. The fourth-order valence-corrected chi connectivity index (χ4v) is 3.34. The third-order valence-electron chi connectivity index (χ3n) is 3.49. The van der Waals surface area contributed by atoms with Crippen molar-refractivity contribution in [3.63, 3.8) is 0 Å². The van der Waals surface area contributed by atoms with Crippen LogP contribution in [0.3, 0.4) is 0 Å². The van der Waals surface area contributed by atoms with E-state index in [4.69, 9.17) is 0 Å². The molecule has 1 rings (SSSR count). The van der Waals surface area contributed by atoms with Gasteiger partial charge in [-0.15, -0.1) is 0 Å². The summed E-state index contributed by atoms with van der Waals surface area (Å²) < 4.78 is 43.8. The molecule has 0 heterocycles.